The van der Waals surface area contributed by atoms with E-state index in [-0.39, 0.29) is 6.10 Å². The molecule has 176 valence electrons. The number of nitrogens with zero attached hydrogens (tertiary/aromatic N) is 2. The number of ether oxygens (including phenoxy) is 2. The van der Waals surface area contributed by atoms with Gasteiger partial charge in [0.25, 0.3) is 0 Å². The summed E-state index contributed by atoms with van der Waals surface area (Å²) in [6.45, 7) is 15.3. The highest BCUT2D eigenvalue weighted by atomic mass is 16.5. The Morgan fingerprint density at radius 1 is 0.875 bits per heavy atom. The molecular weight excluding hydrogens is 396 g/mol. The van der Waals surface area contributed by atoms with E-state index in [1.807, 2.05) is 0 Å². The zero-order valence-electron chi connectivity index (χ0n) is 21.2. The molecule has 1 aliphatic rings. The Morgan fingerprint density at radius 2 is 1.53 bits per heavy atom. The first-order valence-electron chi connectivity index (χ1n) is 12.7. The molecule has 3 rings (SSSR count). The second-order valence-corrected chi connectivity index (χ2v) is 9.75. The number of rotatable bonds is 10. The van der Waals surface area contributed by atoms with E-state index in [1.165, 1.54) is 36.8 Å². The van der Waals surface area contributed by atoms with Crippen LogP contribution in [0.5, 0.6) is 11.6 Å². The molecule has 0 bridgehead atoms. The minimum absolute atomic E-state index is 0.128. The van der Waals surface area contributed by atoms with E-state index in [0.717, 1.165) is 42.1 Å². The minimum Gasteiger partial charge on any atom is -0.490 e. The summed E-state index contributed by atoms with van der Waals surface area (Å²) in [5, 5.41) is 0. The van der Waals surface area contributed by atoms with Crippen molar-refractivity contribution in [3.05, 3.63) is 35.2 Å². The summed E-state index contributed by atoms with van der Waals surface area (Å²) in [5.74, 6) is 2.53. The smallest absolute Gasteiger partial charge is 0.236 e. The van der Waals surface area contributed by atoms with Crippen LogP contribution in [0.25, 0.3) is 11.3 Å². The van der Waals surface area contributed by atoms with Gasteiger partial charge in [0.1, 0.15) is 17.5 Å². The molecule has 2 aromatic rings. The molecule has 32 heavy (non-hydrogen) atoms. The maximum Gasteiger partial charge on any atom is 0.236 e. The van der Waals surface area contributed by atoms with Crippen LogP contribution in [0.2, 0.25) is 0 Å². The molecule has 4 nitrogen and oxygen atoms in total. The number of aryl methyl sites for hydroxylation is 3. The lowest BCUT2D eigenvalue weighted by Gasteiger charge is -2.27. The van der Waals surface area contributed by atoms with Crippen LogP contribution in [0.1, 0.15) is 91.1 Å². The Balaban J connectivity index is 1.97. The van der Waals surface area contributed by atoms with Crippen LogP contribution in [0, 0.1) is 11.8 Å². The van der Waals surface area contributed by atoms with E-state index in [9.17, 15) is 0 Å². The van der Waals surface area contributed by atoms with Gasteiger partial charge >= 0.3 is 0 Å². The predicted molar refractivity (Wildman–Crippen MR) is 133 cm³/mol. The number of hydrogen-bond acceptors (Lipinski definition) is 4. The summed E-state index contributed by atoms with van der Waals surface area (Å²) in [7, 11) is 0. The van der Waals surface area contributed by atoms with Crippen LogP contribution in [-0.2, 0) is 19.3 Å². The Labute approximate surface area is 195 Å². The summed E-state index contributed by atoms with van der Waals surface area (Å²) in [6.07, 6.45) is 7.95. The van der Waals surface area contributed by atoms with E-state index >= 15 is 0 Å². The molecule has 1 aromatic heterocycles. The van der Waals surface area contributed by atoms with Gasteiger partial charge in [-0.15, -0.1) is 0 Å². The standard InChI is InChI=1S/C28H42N2O2/c1-8-20-17-22(31-21-13-11-12-14-21)15-16-23(20)26-24(9-2)30-28(25(10-3)29-26)32-27(18(4)5)19(6)7/h15-19,21,27H,8-14H2,1-7H3. The molecule has 0 unspecified atom stereocenters. The molecule has 0 atom stereocenters. The average molecular weight is 439 g/mol. The van der Waals surface area contributed by atoms with Crippen LogP contribution in [0.4, 0.5) is 0 Å². The molecule has 0 saturated heterocycles. The van der Waals surface area contributed by atoms with E-state index in [1.54, 1.807) is 0 Å². The number of benzene rings is 1. The van der Waals surface area contributed by atoms with Crippen molar-refractivity contribution in [2.75, 3.05) is 0 Å². The minimum atomic E-state index is 0.128. The second kappa shape index (κ2) is 11.2. The van der Waals surface area contributed by atoms with Crippen LogP contribution in [0.15, 0.2) is 18.2 Å². The molecule has 4 heteroatoms. The van der Waals surface area contributed by atoms with E-state index in [4.69, 9.17) is 19.4 Å². The topological polar surface area (TPSA) is 44.2 Å². The molecule has 1 fully saturated rings. The highest BCUT2D eigenvalue weighted by Crippen LogP contribution is 2.33. The van der Waals surface area contributed by atoms with Gasteiger partial charge in [0.2, 0.25) is 5.88 Å². The van der Waals surface area contributed by atoms with Crippen molar-refractivity contribution in [2.24, 2.45) is 11.8 Å². The average Bonchev–Trinajstić information content (AvgIpc) is 3.29. The summed E-state index contributed by atoms with van der Waals surface area (Å²) in [4.78, 5) is 10.1. The highest BCUT2D eigenvalue weighted by Gasteiger charge is 2.24. The van der Waals surface area contributed by atoms with Gasteiger partial charge in [-0.2, -0.15) is 0 Å². The van der Waals surface area contributed by atoms with Crippen molar-refractivity contribution < 1.29 is 9.47 Å². The molecular formula is C28H42N2O2. The molecule has 0 aliphatic heterocycles. The van der Waals surface area contributed by atoms with Crippen molar-refractivity contribution >= 4 is 0 Å². The van der Waals surface area contributed by atoms with Crippen molar-refractivity contribution in [3.8, 4) is 22.9 Å². The van der Waals surface area contributed by atoms with Crippen LogP contribution in [-0.4, -0.2) is 22.2 Å². The molecule has 0 amide bonds. The normalized spacial score (nSPS) is 14.7. The molecule has 1 aromatic carbocycles. The Hall–Kier alpha value is -2.10. The fourth-order valence-electron chi connectivity index (χ4n) is 4.81. The van der Waals surface area contributed by atoms with Gasteiger partial charge in [-0.05, 0) is 80.5 Å². The Kier molecular flexibility index (Phi) is 8.56. The fourth-order valence-corrected chi connectivity index (χ4v) is 4.81. The fraction of sp³-hybridized carbons (Fsp3) is 0.643. The largest absolute Gasteiger partial charge is 0.490 e. The summed E-state index contributed by atoms with van der Waals surface area (Å²) in [6, 6.07) is 6.49. The van der Waals surface area contributed by atoms with Gasteiger partial charge in [-0.3, -0.25) is 0 Å². The lowest BCUT2D eigenvalue weighted by molar-refractivity contribution is 0.0976. The summed E-state index contributed by atoms with van der Waals surface area (Å²) < 4.78 is 12.7. The maximum absolute atomic E-state index is 6.45. The van der Waals surface area contributed by atoms with Crippen LogP contribution in [0.3, 0.4) is 0 Å². The zero-order chi connectivity index (χ0) is 23.3. The third-order valence-electron chi connectivity index (χ3n) is 6.55. The van der Waals surface area contributed by atoms with Crippen molar-refractivity contribution in [1.29, 1.82) is 0 Å². The van der Waals surface area contributed by atoms with Crippen molar-refractivity contribution in [1.82, 2.24) is 9.97 Å². The van der Waals surface area contributed by atoms with Gasteiger partial charge < -0.3 is 9.47 Å². The zero-order valence-corrected chi connectivity index (χ0v) is 21.2. The quantitative estimate of drug-likeness (QED) is 0.393. The van der Waals surface area contributed by atoms with Gasteiger partial charge in [0.05, 0.1) is 17.5 Å². The third-order valence-corrected chi connectivity index (χ3v) is 6.55. The lowest BCUT2D eigenvalue weighted by Crippen LogP contribution is -2.30. The SMILES string of the molecule is CCc1cc(OC2CCCC2)ccc1-c1nc(CC)c(OC(C(C)C)C(C)C)nc1CC. The van der Waals surface area contributed by atoms with Gasteiger partial charge in [0, 0.05) is 5.56 Å². The third kappa shape index (κ3) is 5.63. The first-order chi connectivity index (χ1) is 15.4. The maximum atomic E-state index is 6.45. The summed E-state index contributed by atoms with van der Waals surface area (Å²) >= 11 is 0. The van der Waals surface area contributed by atoms with Crippen LogP contribution >= 0.6 is 0 Å². The second-order valence-electron chi connectivity index (χ2n) is 9.75. The van der Waals surface area contributed by atoms with Gasteiger partial charge in [-0.25, -0.2) is 9.97 Å². The van der Waals surface area contributed by atoms with E-state index in [0.29, 0.717) is 23.8 Å². The Bertz CT molecular complexity index is 877. The predicted octanol–water partition coefficient (Wildman–Crippen LogP) is 7.21. The highest BCUT2D eigenvalue weighted by molar-refractivity contribution is 5.67. The van der Waals surface area contributed by atoms with Gasteiger partial charge in [0.15, 0.2) is 0 Å². The van der Waals surface area contributed by atoms with E-state index < -0.39 is 0 Å². The monoisotopic (exact) mass is 438 g/mol. The first kappa shape index (κ1) is 24.5. The Morgan fingerprint density at radius 3 is 2.09 bits per heavy atom. The van der Waals surface area contributed by atoms with Crippen LogP contribution < -0.4 is 9.47 Å². The van der Waals surface area contributed by atoms with Crippen molar-refractivity contribution in [3.63, 3.8) is 0 Å². The molecule has 1 aliphatic carbocycles. The van der Waals surface area contributed by atoms with Gasteiger partial charge in [-0.1, -0.05) is 48.5 Å². The number of hydrogen-bond donors (Lipinski definition) is 0. The lowest BCUT2D eigenvalue weighted by atomic mass is 9.96. The molecule has 1 saturated carbocycles. The molecule has 1 heterocycles. The van der Waals surface area contributed by atoms with Crippen molar-refractivity contribution in [2.45, 2.75) is 106 Å². The molecule has 0 spiro atoms. The van der Waals surface area contributed by atoms with E-state index in [2.05, 4.69) is 66.7 Å². The summed E-state index contributed by atoms with van der Waals surface area (Å²) in [5.41, 5.74) is 5.37. The molecule has 0 radical (unpaired) electrons. The number of aromatic nitrogens is 2. The first-order valence-corrected chi connectivity index (χ1v) is 12.7. The molecule has 0 N–H and O–H groups in total.